The van der Waals surface area contributed by atoms with Crippen LogP contribution in [0.2, 0.25) is 0 Å². The van der Waals surface area contributed by atoms with Crippen molar-refractivity contribution in [3.8, 4) is 0 Å². The molecule has 1 aliphatic rings. The highest BCUT2D eigenvalue weighted by Gasteiger charge is 2.21. The fourth-order valence-corrected chi connectivity index (χ4v) is 3.00. The fraction of sp³-hybridized carbons (Fsp3) is 0.750. The second-order valence-corrected chi connectivity index (χ2v) is 5.84. The van der Waals surface area contributed by atoms with Crippen LogP contribution in [0.25, 0.3) is 0 Å². The minimum absolute atomic E-state index is 0.213. The van der Waals surface area contributed by atoms with Gasteiger partial charge in [-0.2, -0.15) is 0 Å². The lowest BCUT2D eigenvalue weighted by Gasteiger charge is -2.33. The summed E-state index contributed by atoms with van der Waals surface area (Å²) >= 11 is 0. The van der Waals surface area contributed by atoms with Gasteiger partial charge in [0.15, 0.2) is 0 Å². The Labute approximate surface area is 122 Å². The number of nitrogens with zero attached hydrogens (tertiary/aromatic N) is 3. The molecule has 1 aliphatic carbocycles. The van der Waals surface area contributed by atoms with Gasteiger partial charge in [0.1, 0.15) is 0 Å². The lowest BCUT2D eigenvalue weighted by Crippen LogP contribution is -2.37. The third-order valence-corrected chi connectivity index (χ3v) is 4.33. The molecule has 1 atom stereocenters. The Hall–Kier alpha value is -1.16. The minimum atomic E-state index is 0.213. The Balaban J connectivity index is 2.02. The van der Waals surface area contributed by atoms with E-state index in [-0.39, 0.29) is 6.04 Å². The Morgan fingerprint density at radius 3 is 2.40 bits per heavy atom. The van der Waals surface area contributed by atoms with Gasteiger partial charge in [0.25, 0.3) is 0 Å². The van der Waals surface area contributed by atoms with Crippen LogP contribution in [0.1, 0.15) is 57.9 Å². The number of aromatic nitrogens is 2. The number of hydrogen-bond donors (Lipinski definition) is 1. The van der Waals surface area contributed by atoms with Crippen LogP contribution in [-0.4, -0.2) is 28.6 Å². The van der Waals surface area contributed by atoms with E-state index in [4.69, 9.17) is 5.73 Å². The number of rotatable bonds is 6. The highest BCUT2D eigenvalue weighted by Crippen LogP contribution is 2.25. The second-order valence-electron chi connectivity index (χ2n) is 5.84. The maximum absolute atomic E-state index is 5.98. The zero-order valence-electron chi connectivity index (χ0n) is 12.9. The zero-order valence-corrected chi connectivity index (χ0v) is 12.9. The van der Waals surface area contributed by atoms with Gasteiger partial charge in [-0.15, -0.1) is 0 Å². The van der Waals surface area contributed by atoms with Gasteiger partial charge in [0, 0.05) is 31.0 Å². The van der Waals surface area contributed by atoms with Gasteiger partial charge in [0.2, 0.25) is 5.95 Å². The summed E-state index contributed by atoms with van der Waals surface area (Å²) in [6.45, 7) is 5.29. The topological polar surface area (TPSA) is 55.0 Å². The average Bonchev–Trinajstić information content (AvgIpc) is 2.50. The highest BCUT2D eigenvalue weighted by molar-refractivity contribution is 5.31. The molecule has 4 heteroatoms. The van der Waals surface area contributed by atoms with E-state index in [1.807, 2.05) is 12.4 Å². The van der Waals surface area contributed by atoms with Crippen molar-refractivity contribution >= 4 is 5.95 Å². The first-order valence-corrected chi connectivity index (χ1v) is 8.07. The summed E-state index contributed by atoms with van der Waals surface area (Å²) in [5.74, 6) is 0.883. The molecule has 1 heterocycles. The summed E-state index contributed by atoms with van der Waals surface area (Å²) in [6.07, 6.45) is 12.4. The largest absolute Gasteiger partial charge is 0.338 e. The van der Waals surface area contributed by atoms with Crippen molar-refractivity contribution in [2.24, 2.45) is 5.73 Å². The Kier molecular flexibility index (Phi) is 5.77. The molecule has 2 N–H and O–H groups in total. The van der Waals surface area contributed by atoms with Crippen LogP contribution < -0.4 is 10.6 Å². The third-order valence-electron chi connectivity index (χ3n) is 4.33. The van der Waals surface area contributed by atoms with E-state index in [9.17, 15) is 0 Å². The summed E-state index contributed by atoms with van der Waals surface area (Å²) in [5, 5.41) is 0. The van der Waals surface area contributed by atoms with Gasteiger partial charge in [-0.3, -0.25) is 0 Å². The molecule has 20 heavy (non-hydrogen) atoms. The van der Waals surface area contributed by atoms with Crippen molar-refractivity contribution in [3.63, 3.8) is 0 Å². The predicted octanol–water partition coefficient (Wildman–Crippen LogP) is 2.92. The van der Waals surface area contributed by atoms with Crippen LogP contribution in [0.4, 0.5) is 5.95 Å². The molecule has 4 nitrogen and oxygen atoms in total. The molecular weight excluding hydrogens is 248 g/mol. The number of anilines is 1. The quantitative estimate of drug-likeness (QED) is 0.868. The van der Waals surface area contributed by atoms with E-state index >= 15 is 0 Å². The summed E-state index contributed by atoms with van der Waals surface area (Å²) in [4.78, 5) is 11.5. The first kappa shape index (κ1) is 15.2. The van der Waals surface area contributed by atoms with Crippen molar-refractivity contribution < 1.29 is 0 Å². The molecule has 112 valence electrons. The Morgan fingerprint density at radius 1 is 1.20 bits per heavy atom. The van der Waals surface area contributed by atoms with Crippen LogP contribution in [0, 0.1) is 0 Å². The van der Waals surface area contributed by atoms with Crippen LogP contribution in [0.3, 0.4) is 0 Å². The third kappa shape index (κ3) is 3.92. The van der Waals surface area contributed by atoms with Gasteiger partial charge >= 0.3 is 0 Å². The zero-order chi connectivity index (χ0) is 14.4. The Bertz CT molecular complexity index is 384. The second kappa shape index (κ2) is 7.58. The van der Waals surface area contributed by atoms with Crippen molar-refractivity contribution in [2.75, 3.05) is 11.4 Å². The standard InChI is InChI=1S/C16H28N4/c1-3-14(17)10-13-11-18-16(19-12-13)20(4-2)15-8-6-5-7-9-15/h11-12,14-15H,3-10,17H2,1-2H3. The molecule has 1 fully saturated rings. The maximum Gasteiger partial charge on any atom is 0.225 e. The van der Waals surface area contributed by atoms with E-state index in [0.717, 1.165) is 30.9 Å². The lowest BCUT2D eigenvalue weighted by molar-refractivity contribution is 0.414. The van der Waals surface area contributed by atoms with Crippen LogP contribution in [0.15, 0.2) is 12.4 Å². The molecular formula is C16H28N4. The molecule has 0 spiro atoms. The molecule has 0 amide bonds. The fourth-order valence-electron chi connectivity index (χ4n) is 3.00. The van der Waals surface area contributed by atoms with Crippen LogP contribution >= 0.6 is 0 Å². The summed E-state index contributed by atoms with van der Waals surface area (Å²) in [7, 11) is 0. The average molecular weight is 276 g/mol. The van der Waals surface area contributed by atoms with Crippen molar-refractivity contribution in [1.29, 1.82) is 0 Å². The highest BCUT2D eigenvalue weighted by atomic mass is 15.3. The summed E-state index contributed by atoms with van der Waals surface area (Å²) in [5.41, 5.74) is 7.12. The molecule has 0 saturated heterocycles. The van der Waals surface area contributed by atoms with Crippen molar-refractivity contribution in [3.05, 3.63) is 18.0 Å². The smallest absolute Gasteiger partial charge is 0.225 e. The first-order chi connectivity index (χ1) is 9.74. The van der Waals surface area contributed by atoms with E-state index in [1.54, 1.807) is 0 Å². The maximum atomic E-state index is 5.98. The van der Waals surface area contributed by atoms with Crippen molar-refractivity contribution in [1.82, 2.24) is 9.97 Å². The number of hydrogen-bond acceptors (Lipinski definition) is 4. The molecule has 0 bridgehead atoms. The molecule has 0 aliphatic heterocycles. The monoisotopic (exact) mass is 276 g/mol. The van der Waals surface area contributed by atoms with Crippen LogP contribution in [0.5, 0.6) is 0 Å². The molecule has 2 rings (SSSR count). The molecule has 1 saturated carbocycles. The van der Waals surface area contributed by atoms with Gasteiger partial charge < -0.3 is 10.6 Å². The SMILES string of the molecule is CCC(N)Cc1cnc(N(CC)C2CCCCC2)nc1. The van der Waals surface area contributed by atoms with E-state index in [0.29, 0.717) is 6.04 Å². The predicted molar refractivity (Wildman–Crippen MR) is 83.9 cm³/mol. The van der Waals surface area contributed by atoms with Crippen molar-refractivity contribution in [2.45, 2.75) is 70.9 Å². The first-order valence-electron chi connectivity index (χ1n) is 8.07. The molecule has 0 radical (unpaired) electrons. The molecule has 0 aromatic carbocycles. The van der Waals surface area contributed by atoms with E-state index < -0.39 is 0 Å². The molecule has 1 aromatic heterocycles. The normalized spacial score (nSPS) is 17.9. The Morgan fingerprint density at radius 2 is 1.85 bits per heavy atom. The molecule has 1 unspecified atom stereocenters. The lowest BCUT2D eigenvalue weighted by atomic mass is 9.94. The van der Waals surface area contributed by atoms with E-state index in [2.05, 4.69) is 28.7 Å². The summed E-state index contributed by atoms with van der Waals surface area (Å²) in [6, 6.07) is 0.836. The van der Waals surface area contributed by atoms with Gasteiger partial charge in [-0.1, -0.05) is 26.2 Å². The molecule has 1 aromatic rings. The number of nitrogens with two attached hydrogens (primary N) is 1. The van der Waals surface area contributed by atoms with Crippen LogP contribution in [-0.2, 0) is 6.42 Å². The van der Waals surface area contributed by atoms with Gasteiger partial charge in [-0.05, 0) is 38.2 Å². The summed E-state index contributed by atoms with van der Waals surface area (Å²) < 4.78 is 0. The minimum Gasteiger partial charge on any atom is -0.338 e. The van der Waals surface area contributed by atoms with Gasteiger partial charge in [-0.25, -0.2) is 9.97 Å². The van der Waals surface area contributed by atoms with Gasteiger partial charge in [0.05, 0.1) is 0 Å². The van der Waals surface area contributed by atoms with E-state index in [1.165, 1.54) is 32.1 Å².